The molecule has 3 saturated heterocycles. The van der Waals surface area contributed by atoms with Gasteiger partial charge in [0.15, 0.2) is 0 Å². The van der Waals surface area contributed by atoms with E-state index in [4.69, 9.17) is 0 Å². The molecule has 0 unspecified atom stereocenters. The third-order valence-corrected chi connectivity index (χ3v) is 7.03. The molecule has 0 saturated carbocycles. The molecule has 0 spiro atoms. The zero-order valence-electron chi connectivity index (χ0n) is 12.5. The van der Waals surface area contributed by atoms with Crippen LogP contribution >= 0.6 is 22.7 Å². The fraction of sp³-hybridized carbons (Fsp3) is 0.500. The summed E-state index contributed by atoms with van der Waals surface area (Å²) >= 11 is 3.16. The maximum Gasteiger partial charge on any atom is 0.261 e. The average molecular weight is 333 g/mol. The Hall–Kier alpha value is -1.24. The Morgan fingerprint density at radius 1 is 1.32 bits per heavy atom. The lowest BCUT2D eigenvalue weighted by Crippen LogP contribution is -2.62. The number of aromatic nitrogens is 1. The summed E-state index contributed by atoms with van der Waals surface area (Å²) in [5, 5.41) is 3.29. The molecule has 1 N–H and O–H groups in total. The molecule has 6 heteroatoms. The second-order valence-corrected chi connectivity index (χ2v) is 8.11. The molecule has 5 rings (SSSR count). The highest BCUT2D eigenvalue weighted by Crippen LogP contribution is 2.33. The van der Waals surface area contributed by atoms with Gasteiger partial charge in [0.25, 0.3) is 5.91 Å². The van der Waals surface area contributed by atoms with Crippen LogP contribution in [0.3, 0.4) is 0 Å². The van der Waals surface area contributed by atoms with Crippen molar-refractivity contribution in [2.24, 2.45) is 5.92 Å². The summed E-state index contributed by atoms with van der Waals surface area (Å²) in [5.41, 5.74) is 1.82. The Bertz CT molecular complexity index is 657. The van der Waals surface area contributed by atoms with Gasteiger partial charge in [-0.15, -0.1) is 22.7 Å². The summed E-state index contributed by atoms with van der Waals surface area (Å²) in [6.45, 7) is 4.62. The Kier molecular flexibility index (Phi) is 3.76. The van der Waals surface area contributed by atoms with Crippen LogP contribution in [0, 0.1) is 5.92 Å². The second kappa shape index (κ2) is 5.76. The minimum absolute atomic E-state index is 0.0753. The zero-order valence-corrected chi connectivity index (χ0v) is 14.1. The molecule has 0 radical (unpaired) electrons. The van der Waals surface area contributed by atoms with Crippen LogP contribution in [0.25, 0.3) is 9.75 Å². The first-order valence-electron chi connectivity index (χ1n) is 7.76. The van der Waals surface area contributed by atoms with Crippen molar-refractivity contribution in [2.75, 3.05) is 13.1 Å². The van der Waals surface area contributed by atoms with Crippen LogP contribution < -0.4 is 5.32 Å². The van der Waals surface area contributed by atoms with Crippen LogP contribution in [0.15, 0.2) is 23.8 Å². The smallest absolute Gasteiger partial charge is 0.261 e. The van der Waals surface area contributed by atoms with E-state index in [0.717, 1.165) is 14.6 Å². The predicted octanol–water partition coefficient (Wildman–Crippen LogP) is 3.08. The molecule has 0 aliphatic carbocycles. The van der Waals surface area contributed by atoms with Crippen LogP contribution in [0.1, 0.15) is 29.4 Å². The monoisotopic (exact) mass is 333 g/mol. The minimum atomic E-state index is 0.0753. The molecule has 22 heavy (non-hydrogen) atoms. The number of hydrogen-bond donors (Lipinski definition) is 1. The van der Waals surface area contributed by atoms with Crippen molar-refractivity contribution in [3.8, 4) is 9.75 Å². The largest absolute Gasteiger partial charge is 0.347 e. The van der Waals surface area contributed by atoms with Crippen molar-refractivity contribution in [2.45, 2.75) is 31.8 Å². The van der Waals surface area contributed by atoms with Gasteiger partial charge in [0.2, 0.25) is 0 Å². The predicted molar refractivity (Wildman–Crippen MR) is 90.4 cm³/mol. The van der Waals surface area contributed by atoms with E-state index in [9.17, 15) is 4.79 Å². The number of hydrogen-bond acceptors (Lipinski definition) is 5. The fourth-order valence-electron chi connectivity index (χ4n) is 3.70. The topological polar surface area (TPSA) is 45.2 Å². The number of carbonyl (C=O) groups is 1. The Labute approximate surface area is 138 Å². The number of fused-ring (bicyclic) bond motifs is 3. The van der Waals surface area contributed by atoms with E-state index in [0.29, 0.717) is 18.0 Å². The minimum Gasteiger partial charge on any atom is -0.347 e. The van der Waals surface area contributed by atoms with Gasteiger partial charge >= 0.3 is 0 Å². The number of rotatable bonds is 3. The van der Waals surface area contributed by atoms with E-state index in [1.54, 1.807) is 22.7 Å². The van der Waals surface area contributed by atoms with Gasteiger partial charge in [-0.2, -0.15) is 0 Å². The van der Waals surface area contributed by atoms with Crippen LogP contribution in [0.5, 0.6) is 0 Å². The summed E-state index contributed by atoms with van der Waals surface area (Å²) in [5.74, 6) is 0.719. The van der Waals surface area contributed by atoms with Crippen molar-refractivity contribution < 1.29 is 4.79 Å². The van der Waals surface area contributed by atoms with Crippen LogP contribution in [-0.4, -0.2) is 41.0 Å². The lowest BCUT2D eigenvalue weighted by atomic mass is 9.79. The normalized spacial score (nSPS) is 30.4. The molecule has 3 fully saturated rings. The maximum absolute atomic E-state index is 12.6. The van der Waals surface area contributed by atoms with E-state index in [2.05, 4.69) is 22.1 Å². The zero-order chi connectivity index (χ0) is 15.1. The molecule has 2 bridgehead atoms. The first-order valence-corrected chi connectivity index (χ1v) is 9.45. The molecule has 2 aromatic heterocycles. The van der Waals surface area contributed by atoms with E-state index >= 15 is 0 Å². The summed E-state index contributed by atoms with van der Waals surface area (Å²) in [7, 11) is 0. The van der Waals surface area contributed by atoms with Gasteiger partial charge < -0.3 is 5.32 Å². The van der Waals surface area contributed by atoms with Gasteiger partial charge in [-0.05, 0) is 50.9 Å². The molecule has 3 aliphatic rings. The van der Waals surface area contributed by atoms with Gasteiger partial charge in [0.05, 0.1) is 15.3 Å². The Balaban J connectivity index is 1.48. The summed E-state index contributed by atoms with van der Waals surface area (Å²) in [6.07, 6.45) is 4.28. The summed E-state index contributed by atoms with van der Waals surface area (Å²) in [6, 6.07) is 4.70. The van der Waals surface area contributed by atoms with Gasteiger partial charge in [-0.25, -0.2) is 0 Å². The molecule has 1 amide bonds. The van der Waals surface area contributed by atoms with E-state index in [-0.39, 0.29) is 5.91 Å². The number of nitrogens with zero attached hydrogens (tertiary/aromatic N) is 2. The molecular weight excluding hydrogens is 314 g/mol. The van der Waals surface area contributed by atoms with Crippen LogP contribution in [-0.2, 0) is 0 Å². The van der Waals surface area contributed by atoms with Gasteiger partial charge in [0, 0.05) is 23.2 Å². The highest BCUT2D eigenvalue weighted by Gasteiger charge is 2.40. The lowest BCUT2D eigenvalue weighted by Gasteiger charge is -2.49. The van der Waals surface area contributed by atoms with Crippen molar-refractivity contribution in [1.29, 1.82) is 0 Å². The maximum atomic E-state index is 12.6. The molecule has 2 aromatic rings. The second-order valence-electron chi connectivity index (χ2n) is 6.14. The van der Waals surface area contributed by atoms with Crippen molar-refractivity contribution >= 4 is 28.6 Å². The Morgan fingerprint density at radius 2 is 2.14 bits per heavy atom. The van der Waals surface area contributed by atoms with Crippen molar-refractivity contribution in [3.63, 3.8) is 0 Å². The molecule has 4 nitrogen and oxygen atoms in total. The van der Waals surface area contributed by atoms with Crippen LogP contribution in [0.4, 0.5) is 0 Å². The van der Waals surface area contributed by atoms with Crippen molar-refractivity contribution in [1.82, 2.24) is 15.2 Å². The molecule has 3 aliphatic heterocycles. The molecule has 5 heterocycles. The first kappa shape index (κ1) is 14.4. The average Bonchev–Trinajstić information content (AvgIpc) is 3.21. The molecule has 116 valence electrons. The third-order valence-electron chi connectivity index (χ3n) is 4.98. The third kappa shape index (κ3) is 2.49. The molecular formula is C16H19N3OS2. The number of nitrogens with one attached hydrogen (secondary N) is 1. The van der Waals surface area contributed by atoms with E-state index in [1.807, 2.05) is 23.8 Å². The van der Waals surface area contributed by atoms with E-state index in [1.165, 1.54) is 25.9 Å². The van der Waals surface area contributed by atoms with E-state index < -0.39 is 0 Å². The standard InChI is InChI=1S/C16H19N3OS2/c1-10-15(11-4-6-19(10)7-5-11)18-16(20)13-3-2-12(22-13)14-8-17-9-21-14/h2-3,8-11,15H,4-7H2,1H3,(H,18,20)/t10-,15-/m0/s1. The number of piperidine rings is 3. The lowest BCUT2D eigenvalue weighted by molar-refractivity contribution is 0.0218. The SMILES string of the molecule is C[C@H]1[C@H](NC(=O)c2ccc(-c3cncs3)s2)C2CCN1CC2. The molecule has 0 aromatic carbocycles. The van der Waals surface area contributed by atoms with Crippen LogP contribution in [0.2, 0.25) is 0 Å². The summed E-state index contributed by atoms with van der Waals surface area (Å²) < 4.78 is 0. The molecule has 2 atom stereocenters. The summed E-state index contributed by atoms with van der Waals surface area (Å²) in [4.78, 5) is 22.2. The van der Waals surface area contributed by atoms with Gasteiger partial charge in [-0.3, -0.25) is 14.7 Å². The fourth-order valence-corrected chi connectivity index (χ4v) is 5.32. The quantitative estimate of drug-likeness (QED) is 0.939. The number of thiophene rings is 1. The highest BCUT2D eigenvalue weighted by atomic mass is 32.1. The van der Waals surface area contributed by atoms with Gasteiger partial charge in [-0.1, -0.05) is 0 Å². The first-order chi connectivity index (χ1) is 10.7. The number of carbonyl (C=O) groups excluding carboxylic acids is 1. The van der Waals surface area contributed by atoms with Crippen molar-refractivity contribution in [3.05, 3.63) is 28.7 Å². The number of thiazole rings is 1. The highest BCUT2D eigenvalue weighted by molar-refractivity contribution is 7.22. The Morgan fingerprint density at radius 3 is 2.82 bits per heavy atom. The number of amides is 1. The van der Waals surface area contributed by atoms with Gasteiger partial charge in [0.1, 0.15) is 0 Å².